The van der Waals surface area contributed by atoms with Gasteiger partial charge in [0.05, 0.1) is 18.3 Å². The van der Waals surface area contributed by atoms with Crippen molar-refractivity contribution in [2.75, 3.05) is 0 Å². The highest BCUT2D eigenvalue weighted by Crippen LogP contribution is 2.17. The number of hydrogen-bond acceptors (Lipinski definition) is 4. The Morgan fingerprint density at radius 2 is 2.13 bits per heavy atom. The van der Waals surface area contributed by atoms with Gasteiger partial charge >= 0.3 is 0 Å². The number of nitrogens with one attached hydrogen (secondary N) is 1. The number of rotatable bonds is 4. The highest BCUT2D eigenvalue weighted by Gasteiger charge is 2.24. The first-order valence-corrected chi connectivity index (χ1v) is 8.22. The smallest absolute Gasteiger partial charge is 0.254 e. The number of aryl methyl sites for hydroxylation is 1. The number of carbonyl (C=O) groups excluding carboxylic acids is 1. The first-order valence-electron chi connectivity index (χ1n) is 8.22. The van der Waals surface area contributed by atoms with E-state index in [2.05, 4.69) is 34.3 Å². The summed E-state index contributed by atoms with van der Waals surface area (Å²) < 4.78 is 3.72. The number of aromatic nitrogens is 5. The Bertz CT molecular complexity index is 699. The molecule has 0 bridgehead atoms. The topological polar surface area (TPSA) is 77.6 Å². The third-order valence-corrected chi connectivity index (χ3v) is 4.12. The summed E-state index contributed by atoms with van der Waals surface area (Å²) in [7, 11) is 0. The highest BCUT2D eigenvalue weighted by atomic mass is 16.1. The van der Waals surface area contributed by atoms with Gasteiger partial charge in [-0.05, 0) is 20.3 Å². The molecule has 7 heteroatoms. The summed E-state index contributed by atoms with van der Waals surface area (Å²) in [6, 6.07) is 0.331. The molecule has 2 aromatic heterocycles. The molecule has 0 spiro atoms. The molecule has 1 aliphatic rings. The fourth-order valence-corrected chi connectivity index (χ4v) is 2.70. The Morgan fingerprint density at radius 1 is 1.35 bits per heavy atom. The van der Waals surface area contributed by atoms with E-state index in [1.165, 1.54) is 0 Å². The zero-order valence-corrected chi connectivity index (χ0v) is 14.2. The molecule has 1 amide bonds. The van der Waals surface area contributed by atoms with E-state index in [0.717, 1.165) is 24.5 Å². The molecule has 0 saturated heterocycles. The summed E-state index contributed by atoms with van der Waals surface area (Å²) in [4.78, 5) is 16.9. The molecule has 0 aromatic carbocycles. The summed E-state index contributed by atoms with van der Waals surface area (Å²) in [6.07, 6.45) is 5.15. The van der Waals surface area contributed by atoms with E-state index in [1.54, 1.807) is 17.1 Å². The average Bonchev–Trinajstić information content (AvgIpc) is 3.13. The summed E-state index contributed by atoms with van der Waals surface area (Å²) in [5.41, 5.74) is 0.603. The van der Waals surface area contributed by atoms with Crippen LogP contribution in [-0.2, 0) is 13.0 Å². The summed E-state index contributed by atoms with van der Waals surface area (Å²) >= 11 is 0. The van der Waals surface area contributed by atoms with Crippen LogP contribution in [0.4, 0.5) is 0 Å². The summed E-state index contributed by atoms with van der Waals surface area (Å²) in [5.74, 6) is 2.15. The van der Waals surface area contributed by atoms with Crippen molar-refractivity contribution < 1.29 is 4.79 Å². The van der Waals surface area contributed by atoms with Crippen molar-refractivity contribution in [3.05, 3.63) is 29.6 Å². The maximum absolute atomic E-state index is 12.4. The van der Waals surface area contributed by atoms with E-state index in [9.17, 15) is 4.79 Å². The van der Waals surface area contributed by atoms with Crippen LogP contribution < -0.4 is 5.32 Å². The normalized spacial score (nSPS) is 17.6. The fourth-order valence-electron chi connectivity index (χ4n) is 2.70. The molecule has 1 unspecified atom stereocenters. The fraction of sp³-hybridized carbons (Fsp3) is 0.625. The monoisotopic (exact) mass is 316 g/mol. The van der Waals surface area contributed by atoms with Crippen LogP contribution in [0.3, 0.4) is 0 Å². The molecule has 23 heavy (non-hydrogen) atoms. The SMILES string of the molecule is CC(C)c1nc2n(n1)CC(NC(=O)c1cnn(C(C)C)c1)CC2. The van der Waals surface area contributed by atoms with E-state index in [1.807, 2.05) is 18.5 Å². The average molecular weight is 316 g/mol. The molecule has 0 saturated carbocycles. The lowest BCUT2D eigenvalue weighted by molar-refractivity contribution is 0.0926. The van der Waals surface area contributed by atoms with Gasteiger partial charge in [0, 0.05) is 30.6 Å². The summed E-state index contributed by atoms with van der Waals surface area (Å²) in [5, 5.41) is 11.8. The predicted octanol–water partition coefficient (Wildman–Crippen LogP) is 1.92. The minimum absolute atomic E-state index is 0.0745. The maximum Gasteiger partial charge on any atom is 0.254 e. The van der Waals surface area contributed by atoms with E-state index in [-0.39, 0.29) is 18.0 Å². The van der Waals surface area contributed by atoms with Gasteiger partial charge in [-0.2, -0.15) is 10.2 Å². The maximum atomic E-state index is 12.4. The second kappa shape index (κ2) is 6.14. The van der Waals surface area contributed by atoms with Crippen molar-refractivity contribution >= 4 is 5.91 Å². The number of hydrogen-bond donors (Lipinski definition) is 1. The standard InChI is InChI=1S/C16H24N6O/c1-10(2)15-19-14-6-5-13(9-22(14)20-15)18-16(23)12-7-17-21(8-12)11(3)4/h7-8,10-11,13H,5-6,9H2,1-4H3,(H,18,23). The van der Waals surface area contributed by atoms with Crippen molar-refractivity contribution in [2.24, 2.45) is 0 Å². The number of nitrogens with zero attached hydrogens (tertiary/aromatic N) is 5. The summed E-state index contributed by atoms with van der Waals surface area (Å²) in [6.45, 7) is 8.93. The predicted molar refractivity (Wildman–Crippen MR) is 86.3 cm³/mol. The van der Waals surface area contributed by atoms with Gasteiger partial charge in [0.1, 0.15) is 5.82 Å². The van der Waals surface area contributed by atoms with Gasteiger partial charge in [-0.25, -0.2) is 9.67 Å². The van der Waals surface area contributed by atoms with E-state index >= 15 is 0 Å². The molecular formula is C16H24N6O. The lowest BCUT2D eigenvalue weighted by Gasteiger charge is -2.23. The minimum atomic E-state index is -0.0745. The number of carbonyl (C=O) groups is 1. The second-order valence-electron chi connectivity index (χ2n) is 6.73. The largest absolute Gasteiger partial charge is 0.347 e. The quantitative estimate of drug-likeness (QED) is 0.935. The van der Waals surface area contributed by atoms with Crippen molar-refractivity contribution in [1.29, 1.82) is 0 Å². The highest BCUT2D eigenvalue weighted by molar-refractivity contribution is 5.93. The minimum Gasteiger partial charge on any atom is -0.347 e. The molecule has 0 radical (unpaired) electrons. The third-order valence-electron chi connectivity index (χ3n) is 4.12. The van der Waals surface area contributed by atoms with Crippen LogP contribution in [0.2, 0.25) is 0 Å². The lowest BCUT2D eigenvalue weighted by Crippen LogP contribution is -2.41. The van der Waals surface area contributed by atoms with Gasteiger partial charge < -0.3 is 5.32 Å². The van der Waals surface area contributed by atoms with Crippen molar-refractivity contribution in [3.8, 4) is 0 Å². The first kappa shape index (κ1) is 15.7. The Hall–Kier alpha value is -2.18. The molecule has 0 fully saturated rings. The Labute approximate surface area is 136 Å². The van der Waals surface area contributed by atoms with Crippen LogP contribution in [0.15, 0.2) is 12.4 Å². The molecule has 1 aliphatic heterocycles. The van der Waals surface area contributed by atoms with Gasteiger partial charge in [0.2, 0.25) is 0 Å². The van der Waals surface area contributed by atoms with Crippen LogP contribution in [-0.4, -0.2) is 36.5 Å². The number of fused-ring (bicyclic) bond motifs is 1. The van der Waals surface area contributed by atoms with Crippen LogP contribution in [0.5, 0.6) is 0 Å². The zero-order chi connectivity index (χ0) is 16.6. The van der Waals surface area contributed by atoms with E-state index in [0.29, 0.717) is 18.0 Å². The van der Waals surface area contributed by atoms with Gasteiger partial charge in [-0.1, -0.05) is 13.8 Å². The van der Waals surface area contributed by atoms with Gasteiger partial charge in [-0.15, -0.1) is 0 Å². The Balaban J connectivity index is 1.65. The molecular weight excluding hydrogens is 292 g/mol. The van der Waals surface area contributed by atoms with Crippen LogP contribution >= 0.6 is 0 Å². The molecule has 3 rings (SSSR count). The molecule has 1 N–H and O–H groups in total. The molecule has 124 valence electrons. The van der Waals surface area contributed by atoms with Gasteiger partial charge in [0.15, 0.2) is 5.82 Å². The second-order valence-corrected chi connectivity index (χ2v) is 6.73. The Morgan fingerprint density at radius 3 is 2.78 bits per heavy atom. The molecule has 3 heterocycles. The van der Waals surface area contributed by atoms with Crippen LogP contribution in [0, 0.1) is 0 Å². The van der Waals surface area contributed by atoms with Crippen LogP contribution in [0.25, 0.3) is 0 Å². The van der Waals surface area contributed by atoms with Crippen molar-refractivity contribution in [3.63, 3.8) is 0 Å². The van der Waals surface area contributed by atoms with Gasteiger partial charge in [0.25, 0.3) is 5.91 Å². The third kappa shape index (κ3) is 3.28. The Kier molecular flexibility index (Phi) is 4.19. The van der Waals surface area contributed by atoms with Crippen LogP contribution in [0.1, 0.15) is 68.1 Å². The first-order chi connectivity index (χ1) is 10.9. The molecule has 7 nitrogen and oxygen atoms in total. The molecule has 2 aromatic rings. The number of amides is 1. The van der Waals surface area contributed by atoms with Crippen molar-refractivity contribution in [1.82, 2.24) is 29.9 Å². The van der Waals surface area contributed by atoms with E-state index in [4.69, 9.17) is 0 Å². The zero-order valence-electron chi connectivity index (χ0n) is 14.2. The van der Waals surface area contributed by atoms with E-state index < -0.39 is 0 Å². The lowest BCUT2D eigenvalue weighted by atomic mass is 10.1. The van der Waals surface area contributed by atoms with Crippen molar-refractivity contribution in [2.45, 2.75) is 65.1 Å². The molecule has 1 atom stereocenters. The van der Waals surface area contributed by atoms with Gasteiger partial charge in [-0.3, -0.25) is 9.48 Å². The molecule has 0 aliphatic carbocycles.